The molecule has 3 unspecified atom stereocenters. The molecule has 3 atom stereocenters. The number of nitrogens with two attached hydrogens (primary N) is 1. The minimum absolute atomic E-state index is 0.215. The second-order valence-corrected chi connectivity index (χ2v) is 7.16. The number of hydrogen-bond acceptors (Lipinski definition) is 3. The Balaban J connectivity index is 1.80. The number of nitrogens with one attached hydrogen (secondary N) is 1. The zero-order valence-corrected chi connectivity index (χ0v) is 13.9. The molecule has 21 heavy (non-hydrogen) atoms. The van der Waals surface area contributed by atoms with Crippen LogP contribution in [0.15, 0.2) is 0 Å². The average molecular weight is 295 g/mol. The maximum Gasteiger partial charge on any atom is 0.237 e. The molecule has 2 fully saturated rings. The number of rotatable bonds is 8. The van der Waals surface area contributed by atoms with Crippen LogP contribution in [0.25, 0.3) is 0 Å². The van der Waals surface area contributed by atoms with Crippen LogP contribution in [0.4, 0.5) is 0 Å². The van der Waals surface area contributed by atoms with Crippen LogP contribution in [0.2, 0.25) is 0 Å². The fraction of sp³-hybridized carbons (Fsp3) is 0.941. The molecule has 0 spiro atoms. The van der Waals surface area contributed by atoms with E-state index < -0.39 is 5.54 Å². The minimum Gasteiger partial charge on any atom is -0.368 e. The topological polar surface area (TPSA) is 58.4 Å². The third-order valence-corrected chi connectivity index (χ3v) is 5.54. The molecular formula is C17H33N3O. The molecular weight excluding hydrogens is 262 g/mol. The number of carbonyl (C=O) groups excluding carboxylic acids is 1. The first-order chi connectivity index (χ1) is 10.1. The van der Waals surface area contributed by atoms with E-state index in [9.17, 15) is 4.79 Å². The van der Waals surface area contributed by atoms with Gasteiger partial charge in [0.25, 0.3) is 0 Å². The van der Waals surface area contributed by atoms with Gasteiger partial charge in [0, 0.05) is 6.04 Å². The molecule has 122 valence electrons. The first-order valence-electron chi connectivity index (χ1n) is 8.86. The highest BCUT2D eigenvalue weighted by molar-refractivity contribution is 5.84. The summed E-state index contributed by atoms with van der Waals surface area (Å²) in [5, 5.41) is 3.34. The van der Waals surface area contributed by atoms with Gasteiger partial charge in [-0.3, -0.25) is 4.79 Å². The molecule has 0 radical (unpaired) electrons. The van der Waals surface area contributed by atoms with Gasteiger partial charge in [-0.2, -0.15) is 0 Å². The fourth-order valence-corrected chi connectivity index (χ4v) is 4.17. The van der Waals surface area contributed by atoms with Crippen molar-refractivity contribution in [2.45, 2.75) is 76.8 Å². The van der Waals surface area contributed by atoms with Gasteiger partial charge < -0.3 is 16.0 Å². The lowest BCUT2D eigenvalue weighted by molar-refractivity contribution is -0.124. The van der Waals surface area contributed by atoms with E-state index in [1.165, 1.54) is 38.6 Å². The lowest BCUT2D eigenvalue weighted by Gasteiger charge is -2.38. The second kappa shape index (κ2) is 7.59. The predicted octanol–water partition coefficient (Wildman–Crippen LogP) is 2.27. The van der Waals surface area contributed by atoms with E-state index in [0.717, 1.165) is 44.3 Å². The Morgan fingerprint density at radius 2 is 2.10 bits per heavy atom. The molecule has 2 aliphatic rings. The molecule has 1 saturated heterocycles. The van der Waals surface area contributed by atoms with Crippen LogP contribution < -0.4 is 11.1 Å². The maximum atomic E-state index is 11.7. The number of nitrogens with zero attached hydrogens (tertiary/aromatic N) is 1. The highest BCUT2D eigenvalue weighted by Crippen LogP contribution is 2.36. The van der Waals surface area contributed by atoms with Crippen molar-refractivity contribution in [3.05, 3.63) is 0 Å². The van der Waals surface area contributed by atoms with Crippen LogP contribution in [-0.4, -0.2) is 42.0 Å². The molecule has 4 heteroatoms. The number of amides is 1. The van der Waals surface area contributed by atoms with Crippen molar-refractivity contribution in [2.75, 3.05) is 19.6 Å². The quantitative estimate of drug-likeness (QED) is 0.722. The number of hydrogen-bond donors (Lipinski definition) is 2. The van der Waals surface area contributed by atoms with E-state index in [1.54, 1.807) is 0 Å². The highest BCUT2D eigenvalue weighted by Gasteiger charge is 2.35. The van der Waals surface area contributed by atoms with Crippen molar-refractivity contribution in [3.8, 4) is 0 Å². The van der Waals surface area contributed by atoms with Gasteiger partial charge in [0.15, 0.2) is 0 Å². The molecule has 1 aliphatic carbocycles. The first-order valence-corrected chi connectivity index (χ1v) is 8.86. The molecule has 3 N–H and O–H groups in total. The van der Waals surface area contributed by atoms with E-state index in [0.29, 0.717) is 0 Å². The zero-order chi connectivity index (χ0) is 15.3. The van der Waals surface area contributed by atoms with E-state index in [4.69, 9.17) is 5.73 Å². The Labute approximate surface area is 129 Å². The van der Waals surface area contributed by atoms with Crippen LogP contribution in [0.5, 0.6) is 0 Å². The third kappa shape index (κ3) is 4.19. The van der Waals surface area contributed by atoms with Gasteiger partial charge in [-0.1, -0.05) is 13.3 Å². The van der Waals surface area contributed by atoms with Crippen molar-refractivity contribution in [2.24, 2.45) is 11.7 Å². The van der Waals surface area contributed by atoms with E-state index in [1.807, 2.05) is 6.92 Å². The summed E-state index contributed by atoms with van der Waals surface area (Å²) >= 11 is 0. The molecule has 1 amide bonds. The number of carbonyl (C=O) groups is 1. The van der Waals surface area contributed by atoms with Crippen LogP contribution in [0.1, 0.15) is 65.2 Å². The van der Waals surface area contributed by atoms with Crippen molar-refractivity contribution in [3.63, 3.8) is 0 Å². The van der Waals surface area contributed by atoms with Gasteiger partial charge in [-0.05, 0) is 77.4 Å². The molecule has 0 aromatic carbocycles. The summed E-state index contributed by atoms with van der Waals surface area (Å²) in [6.45, 7) is 7.30. The summed E-state index contributed by atoms with van der Waals surface area (Å²) in [7, 11) is 0. The molecule has 1 heterocycles. The number of primary amides is 1. The van der Waals surface area contributed by atoms with E-state index in [2.05, 4.69) is 17.1 Å². The largest absolute Gasteiger partial charge is 0.368 e. The van der Waals surface area contributed by atoms with Crippen molar-refractivity contribution < 1.29 is 4.79 Å². The molecule has 2 rings (SSSR count). The minimum atomic E-state index is -0.541. The number of fused-ring (bicyclic) bond motifs is 1. The Morgan fingerprint density at radius 3 is 2.81 bits per heavy atom. The Morgan fingerprint density at radius 1 is 1.33 bits per heavy atom. The van der Waals surface area contributed by atoms with Crippen LogP contribution in [0.3, 0.4) is 0 Å². The third-order valence-electron chi connectivity index (χ3n) is 5.54. The van der Waals surface area contributed by atoms with Gasteiger partial charge in [-0.25, -0.2) is 0 Å². The Bertz CT molecular complexity index is 347. The van der Waals surface area contributed by atoms with Crippen LogP contribution in [0, 0.1) is 5.92 Å². The van der Waals surface area contributed by atoms with Gasteiger partial charge in [0.1, 0.15) is 0 Å². The van der Waals surface area contributed by atoms with Crippen molar-refractivity contribution in [1.82, 2.24) is 10.2 Å². The summed E-state index contributed by atoms with van der Waals surface area (Å²) < 4.78 is 0. The monoisotopic (exact) mass is 295 g/mol. The summed E-state index contributed by atoms with van der Waals surface area (Å²) in [4.78, 5) is 14.4. The second-order valence-electron chi connectivity index (χ2n) is 7.16. The Hall–Kier alpha value is -0.610. The molecule has 1 saturated carbocycles. The van der Waals surface area contributed by atoms with Gasteiger partial charge in [0.05, 0.1) is 5.54 Å². The molecule has 0 bridgehead atoms. The SMILES string of the molecule is CCCNC(C)(CCCN1CCCC2CCCC21)C(N)=O. The molecule has 1 aliphatic heterocycles. The maximum absolute atomic E-state index is 11.7. The zero-order valence-electron chi connectivity index (χ0n) is 13.9. The van der Waals surface area contributed by atoms with E-state index in [-0.39, 0.29) is 5.91 Å². The van der Waals surface area contributed by atoms with Crippen molar-refractivity contribution in [1.29, 1.82) is 0 Å². The highest BCUT2D eigenvalue weighted by atomic mass is 16.1. The van der Waals surface area contributed by atoms with Gasteiger partial charge in [-0.15, -0.1) is 0 Å². The first kappa shape index (κ1) is 16.8. The number of piperidine rings is 1. The summed E-state index contributed by atoms with van der Waals surface area (Å²) in [6.07, 6.45) is 9.92. The lowest BCUT2D eigenvalue weighted by atomic mass is 9.90. The van der Waals surface area contributed by atoms with Gasteiger partial charge >= 0.3 is 0 Å². The lowest BCUT2D eigenvalue weighted by Crippen LogP contribution is -2.53. The molecule has 0 aromatic heterocycles. The van der Waals surface area contributed by atoms with Gasteiger partial charge in [0.2, 0.25) is 5.91 Å². The Kier molecular flexibility index (Phi) is 6.06. The van der Waals surface area contributed by atoms with Crippen LogP contribution >= 0.6 is 0 Å². The van der Waals surface area contributed by atoms with Crippen molar-refractivity contribution >= 4 is 5.91 Å². The average Bonchev–Trinajstić information content (AvgIpc) is 2.94. The predicted molar refractivity (Wildman–Crippen MR) is 87.1 cm³/mol. The molecule has 0 aromatic rings. The van der Waals surface area contributed by atoms with E-state index >= 15 is 0 Å². The standard InChI is InChI=1S/C17H33N3O/c1-3-11-19-17(2,16(18)21)10-6-13-20-12-5-8-14-7-4-9-15(14)20/h14-15,19H,3-13H2,1-2H3,(H2,18,21). The number of likely N-dealkylation sites (tertiary alicyclic amines) is 1. The smallest absolute Gasteiger partial charge is 0.237 e. The summed E-state index contributed by atoms with van der Waals surface area (Å²) in [5.74, 6) is 0.729. The fourth-order valence-electron chi connectivity index (χ4n) is 4.17. The summed E-state index contributed by atoms with van der Waals surface area (Å²) in [5.41, 5.74) is 5.06. The molecule has 4 nitrogen and oxygen atoms in total. The van der Waals surface area contributed by atoms with Crippen LogP contribution in [-0.2, 0) is 4.79 Å². The summed E-state index contributed by atoms with van der Waals surface area (Å²) in [6, 6.07) is 0.821. The normalized spacial score (nSPS) is 29.0.